The maximum atomic E-state index is 13.3. The summed E-state index contributed by atoms with van der Waals surface area (Å²) in [7, 11) is 0. The summed E-state index contributed by atoms with van der Waals surface area (Å²) in [5.41, 5.74) is 8.27. The number of aryl methyl sites for hydroxylation is 1. The Morgan fingerprint density at radius 2 is 2.17 bits per heavy atom. The number of aromatic nitrogens is 3. The lowest BCUT2D eigenvalue weighted by atomic mass is 9.76. The van der Waals surface area contributed by atoms with Crippen molar-refractivity contribution in [1.29, 1.82) is 0 Å². The number of nitrogens with one attached hydrogen (secondary N) is 2. The molecule has 1 aliphatic heterocycles. The summed E-state index contributed by atoms with van der Waals surface area (Å²) in [4.78, 5) is 32.5. The number of ether oxygens (including phenoxy) is 1. The lowest BCUT2D eigenvalue weighted by Gasteiger charge is -2.29. The van der Waals surface area contributed by atoms with Crippen LogP contribution in [0.25, 0.3) is 17.5 Å². The molecule has 0 unspecified atom stereocenters. The molecule has 1 saturated heterocycles. The maximum absolute atomic E-state index is 13.3. The van der Waals surface area contributed by atoms with Crippen LogP contribution in [0.4, 0.5) is 0 Å². The Labute approximate surface area is 213 Å². The third-order valence-electron chi connectivity index (χ3n) is 7.22. The van der Waals surface area contributed by atoms with E-state index in [1.54, 1.807) is 9.80 Å². The minimum atomic E-state index is -0.145. The topological polar surface area (TPSA) is 94.3 Å². The number of allylic oxidation sites excluding steroid dienone is 1. The lowest BCUT2D eigenvalue weighted by Crippen LogP contribution is -2.43. The Morgan fingerprint density at radius 3 is 2.89 bits per heavy atom. The fourth-order valence-corrected chi connectivity index (χ4v) is 5.12. The summed E-state index contributed by atoms with van der Waals surface area (Å²) in [6.45, 7) is 16.2. The number of carbonyl (C=O) groups is 2. The van der Waals surface area contributed by atoms with Crippen molar-refractivity contribution in [2.75, 3.05) is 32.8 Å². The number of carbonyl (C=O) groups excluding carboxylic acids is 2. The lowest BCUT2D eigenvalue weighted by molar-refractivity contribution is -0.140. The van der Waals surface area contributed by atoms with Crippen LogP contribution in [0, 0.1) is 12.3 Å². The number of likely N-dealkylation sites (N-methyl/N-ethyl adjacent to an activating group) is 1. The number of fused-ring (bicyclic) bond motifs is 1. The largest absolute Gasteiger partial charge is 0.372 e. The van der Waals surface area contributed by atoms with Crippen LogP contribution in [-0.4, -0.2) is 69.6 Å². The minimum absolute atomic E-state index is 0.0292. The summed E-state index contributed by atoms with van der Waals surface area (Å²) in [5, 5.41) is 7.92. The number of amides is 2. The third kappa shape index (κ3) is 5.48. The van der Waals surface area contributed by atoms with Gasteiger partial charge in [0.25, 0.3) is 0 Å². The van der Waals surface area contributed by atoms with Crippen molar-refractivity contribution in [2.45, 2.75) is 60.3 Å². The quantitative estimate of drug-likeness (QED) is 0.564. The monoisotopic (exact) mass is 493 g/mol. The van der Waals surface area contributed by atoms with Crippen molar-refractivity contribution in [3.05, 3.63) is 46.4 Å². The summed E-state index contributed by atoms with van der Waals surface area (Å²) in [6.07, 6.45) is 5.86. The molecule has 0 saturated carbocycles. The molecular weight excluding hydrogens is 454 g/mol. The van der Waals surface area contributed by atoms with Gasteiger partial charge in [-0.2, -0.15) is 5.10 Å². The number of hydrogen-bond donors (Lipinski definition) is 2. The molecule has 3 heterocycles. The van der Waals surface area contributed by atoms with Crippen molar-refractivity contribution >= 4 is 17.9 Å². The van der Waals surface area contributed by atoms with Crippen LogP contribution in [0.5, 0.6) is 0 Å². The molecule has 2 aromatic rings. The van der Waals surface area contributed by atoms with E-state index in [1.165, 1.54) is 11.3 Å². The van der Waals surface area contributed by atoms with Crippen LogP contribution in [0.3, 0.4) is 0 Å². The molecule has 4 rings (SSSR count). The predicted octanol–water partition coefficient (Wildman–Crippen LogP) is 4.24. The molecule has 1 aliphatic carbocycles. The van der Waals surface area contributed by atoms with E-state index >= 15 is 0 Å². The molecule has 2 aromatic heterocycles. The number of hydrogen-bond acceptors (Lipinski definition) is 4. The molecule has 2 amide bonds. The molecule has 2 N–H and O–H groups in total. The Hall–Kier alpha value is -3.13. The van der Waals surface area contributed by atoms with Crippen molar-refractivity contribution in [3.63, 3.8) is 0 Å². The van der Waals surface area contributed by atoms with E-state index in [0.717, 1.165) is 59.6 Å². The average Bonchev–Trinajstić information content (AvgIpc) is 3.32. The molecule has 2 aliphatic rings. The molecule has 194 valence electrons. The van der Waals surface area contributed by atoms with E-state index < -0.39 is 0 Å². The highest BCUT2D eigenvalue weighted by atomic mass is 16.5. The minimum Gasteiger partial charge on any atom is -0.372 e. The number of H-pyrrole nitrogens is 2. The normalized spacial score (nSPS) is 18.1. The molecule has 0 radical (unpaired) electrons. The Kier molecular flexibility index (Phi) is 7.54. The van der Waals surface area contributed by atoms with Gasteiger partial charge in [0.15, 0.2) is 0 Å². The van der Waals surface area contributed by atoms with E-state index in [0.29, 0.717) is 19.7 Å². The van der Waals surface area contributed by atoms with Gasteiger partial charge >= 0.3 is 0 Å². The van der Waals surface area contributed by atoms with Crippen molar-refractivity contribution in [2.24, 2.45) is 5.41 Å². The SMILES string of the molecule is C=C(C)/C(=C\c1[nH]c(-c2n[nH]c3c2CCC(C)(C)C3)cc1C)N(CC)C(=O)CN1CCCOCC1=O. The van der Waals surface area contributed by atoms with Crippen molar-refractivity contribution in [1.82, 2.24) is 25.0 Å². The van der Waals surface area contributed by atoms with Crippen LogP contribution in [-0.2, 0) is 27.2 Å². The first-order valence-corrected chi connectivity index (χ1v) is 12.9. The van der Waals surface area contributed by atoms with Gasteiger partial charge in [-0.05, 0) is 75.1 Å². The Balaban J connectivity index is 1.60. The van der Waals surface area contributed by atoms with Crippen molar-refractivity contribution < 1.29 is 14.3 Å². The highest BCUT2D eigenvalue weighted by molar-refractivity contribution is 5.87. The summed E-state index contributed by atoms with van der Waals surface area (Å²) in [6, 6.07) is 2.12. The first-order chi connectivity index (χ1) is 17.1. The average molecular weight is 494 g/mol. The first kappa shape index (κ1) is 25.9. The molecule has 36 heavy (non-hydrogen) atoms. The molecule has 8 nitrogen and oxygen atoms in total. The van der Waals surface area contributed by atoms with Gasteiger partial charge in [-0.15, -0.1) is 0 Å². The zero-order chi connectivity index (χ0) is 26.0. The van der Waals surface area contributed by atoms with Gasteiger partial charge < -0.3 is 19.5 Å². The van der Waals surface area contributed by atoms with Crippen LogP contribution in [0.15, 0.2) is 23.9 Å². The molecular formula is C28H39N5O3. The fourth-order valence-electron chi connectivity index (χ4n) is 5.12. The number of nitrogens with zero attached hydrogens (tertiary/aromatic N) is 3. The van der Waals surface area contributed by atoms with Gasteiger partial charge in [0.05, 0.1) is 5.69 Å². The molecule has 8 heteroatoms. The number of rotatable bonds is 7. The Bertz CT molecular complexity index is 1190. The van der Waals surface area contributed by atoms with Gasteiger partial charge in [-0.25, -0.2) is 0 Å². The van der Waals surface area contributed by atoms with Gasteiger partial charge in [-0.1, -0.05) is 20.4 Å². The maximum Gasteiger partial charge on any atom is 0.249 e. The van der Waals surface area contributed by atoms with E-state index in [-0.39, 0.29) is 30.4 Å². The van der Waals surface area contributed by atoms with Crippen molar-refractivity contribution in [3.8, 4) is 11.4 Å². The molecule has 1 fully saturated rings. The second-order valence-electron chi connectivity index (χ2n) is 10.8. The standard InChI is InChI=1S/C28H39N5O3/c1-7-33(25(34)16-32-11-8-12-36-17-26(32)35)24(18(2)3)14-21-19(4)13-22(29-21)27-20-9-10-28(5,6)15-23(20)30-31-27/h13-14,29H,2,7-12,15-17H2,1,3-6H3,(H,30,31)/b24-14+. The highest BCUT2D eigenvalue weighted by Crippen LogP contribution is 2.38. The fraction of sp³-hybridized carbons (Fsp3) is 0.536. The van der Waals surface area contributed by atoms with Crippen LogP contribution in [0.2, 0.25) is 0 Å². The summed E-state index contributed by atoms with van der Waals surface area (Å²) < 4.78 is 5.31. The van der Waals surface area contributed by atoms with Gasteiger partial charge in [-0.3, -0.25) is 14.7 Å². The predicted molar refractivity (Wildman–Crippen MR) is 141 cm³/mol. The zero-order valence-corrected chi connectivity index (χ0v) is 22.3. The molecule has 0 aromatic carbocycles. The van der Waals surface area contributed by atoms with Crippen LogP contribution >= 0.6 is 0 Å². The smallest absolute Gasteiger partial charge is 0.249 e. The zero-order valence-electron chi connectivity index (χ0n) is 22.3. The third-order valence-corrected chi connectivity index (χ3v) is 7.22. The van der Waals surface area contributed by atoms with E-state index in [4.69, 9.17) is 4.74 Å². The van der Waals surface area contributed by atoms with Crippen LogP contribution < -0.4 is 0 Å². The summed E-state index contributed by atoms with van der Waals surface area (Å²) >= 11 is 0. The van der Waals surface area contributed by atoms with E-state index in [9.17, 15) is 9.59 Å². The molecule has 0 atom stereocenters. The first-order valence-electron chi connectivity index (χ1n) is 12.9. The van der Waals surface area contributed by atoms with E-state index in [2.05, 4.69) is 48.6 Å². The van der Waals surface area contributed by atoms with Gasteiger partial charge in [0.2, 0.25) is 11.8 Å². The molecule has 0 spiro atoms. The van der Waals surface area contributed by atoms with Crippen LogP contribution in [0.1, 0.15) is 63.1 Å². The van der Waals surface area contributed by atoms with Gasteiger partial charge in [0, 0.05) is 42.3 Å². The second kappa shape index (κ2) is 10.5. The van der Waals surface area contributed by atoms with E-state index in [1.807, 2.05) is 19.9 Å². The highest BCUT2D eigenvalue weighted by Gasteiger charge is 2.30. The number of aromatic amines is 2. The second-order valence-corrected chi connectivity index (χ2v) is 10.8. The molecule has 0 bridgehead atoms. The Morgan fingerprint density at radius 1 is 1.39 bits per heavy atom. The van der Waals surface area contributed by atoms with Gasteiger partial charge in [0.1, 0.15) is 18.8 Å². The summed E-state index contributed by atoms with van der Waals surface area (Å²) in [5.74, 6) is -0.274.